The summed E-state index contributed by atoms with van der Waals surface area (Å²) in [5.74, 6) is 0. The van der Waals surface area contributed by atoms with Crippen LogP contribution in [-0.2, 0) is 4.74 Å². The van der Waals surface area contributed by atoms with Gasteiger partial charge in [-0.1, -0.05) is 0 Å². The molecule has 1 fully saturated rings. The van der Waals surface area contributed by atoms with Crippen molar-refractivity contribution < 1.29 is 14.6 Å². The molecule has 0 radical (unpaired) electrons. The van der Waals surface area contributed by atoms with Crippen molar-refractivity contribution in [3.05, 3.63) is 0 Å². The van der Waals surface area contributed by atoms with E-state index in [0.29, 0.717) is 13.2 Å². The van der Waals surface area contributed by atoms with Gasteiger partial charge in [0.25, 0.3) is 0 Å². The van der Waals surface area contributed by atoms with Crippen LogP contribution in [-0.4, -0.2) is 41.4 Å². The van der Waals surface area contributed by atoms with Gasteiger partial charge in [-0.3, -0.25) is 4.90 Å². The van der Waals surface area contributed by atoms with Crippen LogP contribution in [0, 0.1) is 0 Å². The van der Waals surface area contributed by atoms with Gasteiger partial charge in [-0.05, 0) is 13.8 Å². The molecule has 1 aliphatic rings. The van der Waals surface area contributed by atoms with Gasteiger partial charge in [-0.25, -0.2) is 4.79 Å². The lowest BCUT2D eigenvalue weighted by Crippen LogP contribution is -2.51. The highest BCUT2D eigenvalue weighted by Crippen LogP contribution is 2.12. The van der Waals surface area contributed by atoms with E-state index in [1.807, 2.05) is 13.8 Å². The molecule has 2 unspecified atom stereocenters. The summed E-state index contributed by atoms with van der Waals surface area (Å²) in [4.78, 5) is 12.1. The molecule has 1 rings (SSSR count). The average molecular weight is 159 g/mol. The predicted octanol–water partition coefficient (Wildman–Crippen LogP) is 0.774. The molecule has 4 heteroatoms. The lowest BCUT2D eigenvalue weighted by molar-refractivity contribution is -0.0257. The fourth-order valence-corrected chi connectivity index (χ4v) is 1.38. The van der Waals surface area contributed by atoms with E-state index in [0.717, 1.165) is 0 Å². The fourth-order valence-electron chi connectivity index (χ4n) is 1.38. The van der Waals surface area contributed by atoms with Gasteiger partial charge in [0.15, 0.2) is 0 Å². The van der Waals surface area contributed by atoms with Crippen molar-refractivity contribution in [1.82, 2.24) is 4.90 Å². The Kier molecular flexibility index (Phi) is 2.34. The molecule has 0 aliphatic carbocycles. The van der Waals surface area contributed by atoms with Gasteiger partial charge in [0, 0.05) is 0 Å². The minimum atomic E-state index is -0.853. The molecule has 1 aliphatic heterocycles. The Hall–Kier alpha value is -0.770. The Morgan fingerprint density at radius 1 is 1.45 bits per heavy atom. The van der Waals surface area contributed by atoms with E-state index in [1.165, 1.54) is 4.90 Å². The largest absolute Gasteiger partial charge is 0.465 e. The van der Waals surface area contributed by atoms with Gasteiger partial charge in [0.1, 0.15) is 0 Å². The van der Waals surface area contributed by atoms with Crippen LogP contribution in [0.15, 0.2) is 0 Å². The summed E-state index contributed by atoms with van der Waals surface area (Å²) >= 11 is 0. The molecule has 64 valence electrons. The standard InChI is InChI=1S/C7H13NO3/c1-5-3-11-4-6(2)8(5)7(9)10/h5-6H,3-4H2,1-2H3,(H,9,10). The van der Waals surface area contributed by atoms with Crippen LogP contribution in [0.5, 0.6) is 0 Å². The van der Waals surface area contributed by atoms with E-state index in [2.05, 4.69) is 0 Å². The number of hydrogen-bond acceptors (Lipinski definition) is 2. The van der Waals surface area contributed by atoms with Crippen LogP contribution >= 0.6 is 0 Å². The van der Waals surface area contributed by atoms with Crippen LogP contribution in [0.4, 0.5) is 4.79 Å². The first-order valence-corrected chi connectivity index (χ1v) is 3.72. The molecule has 0 spiro atoms. The number of nitrogens with zero attached hydrogens (tertiary/aromatic N) is 1. The van der Waals surface area contributed by atoms with Gasteiger partial charge in [0.05, 0.1) is 25.3 Å². The fraction of sp³-hybridized carbons (Fsp3) is 0.857. The summed E-state index contributed by atoms with van der Waals surface area (Å²) in [7, 11) is 0. The maximum absolute atomic E-state index is 10.6. The molecule has 1 saturated heterocycles. The molecule has 4 nitrogen and oxygen atoms in total. The van der Waals surface area contributed by atoms with Crippen LogP contribution < -0.4 is 0 Å². The first-order valence-electron chi connectivity index (χ1n) is 3.72. The van der Waals surface area contributed by atoms with Crippen LogP contribution in [0.2, 0.25) is 0 Å². The molecule has 0 aromatic rings. The Balaban J connectivity index is 2.62. The number of morpholine rings is 1. The molecular weight excluding hydrogens is 146 g/mol. The topological polar surface area (TPSA) is 49.8 Å². The zero-order valence-electron chi connectivity index (χ0n) is 6.78. The lowest BCUT2D eigenvalue weighted by atomic mass is 10.2. The number of hydrogen-bond donors (Lipinski definition) is 1. The van der Waals surface area contributed by atoms with E-state index in [1.54, 1.807) is 0 Å². The highest BCUT2D eigenvalue weighted by molar-refractivity contribution is 5.66. The first kappa shape index (κ1) is 8.33. The highest BCUT2D eigenvalue weighted by atomic mass is 16.5. The second-order valence-electron chi connectivity index (χ2n) is 2.93. The molecule has 0 aromatic heterocycles. The van der Waals surface area contributed by atoms with E-state index < -0.39 is 6.09 Å². The quantitative estimate of drug-likeness (QED) is 0.568. The van der Waals surface area contributed by atoms with Crippen molar-refractivity contribution in [3.63, 3.8) is 0 Å². The minimum Gasteiger partial charge on any atom is -0.465 e. The number of carboxylic acid groups (broad SMARTS) is 1. The number of rotatable bonds is 0. The maximum atomic E-state index is 10.6. The molecule has 0 saturated carbocycles. The monoisotopic (exact) mass is 159 g/mol. The summed E-state index contributed by atoms with van der Waals surface area (Å²) in [6, 6.07) is -0.0347. The van der Waals surface area contributed by atoms with Crippen molar-refractivity contribution >= 4 is 6.09 Å². The summed E-state index contributed by atoms with van der Waals surface area (Å²) in [6.45, 7) is 4.72. The molecular formula is C7H13NO3. The number of ether oxygens (including phenoxy) is 1. The van der Waals surface area contributed by atoms with Crippen LogP contribution in [0.3, 0.4) is 0 Å². The van der Waals surface area contributed by atoms with Crippen molar-refractivity contribution in [2.45, 2.75) is 25.9 Å². The Bertz CT molecular complexity index is 150. The van der Waals surface area contributed by atoms with Crippen LogP contribution in [0.1, 0.15) is 13.8 Å². The Labute approximate surface area is 65.8 Å². The third kappa shape index (κ3) is 1.63. The third-order valence-electron chi connectivity index (χ3n) is 1.89. The zero-order valence-corrected chi connectivity index (χ0v) is 6.78. The van der Waals surface area contributed by atoms with Crippen molar-refractivity contribution in [2.24, 2.45) is 0 Å². The van der Waals surface area contributed by atoms with Crippen molar-refractivity contribution in [2.75, 3.05) is 13.2 Å². The third-order valence-corrected chi connectivity index (χ3v) is 1.89. The number of carbonyl (C=O) groups is 1. The van der Waals surface area contributed by atoms with Gasteiger partial charge >= 0.3 is 6.09 Å². The van der Waals surface area contributed by atoms with E-state index in [4.69, 9.17) is 9.84 Å². The molecule has 11 heavy (non-hydrogen) atoms. The summed E-state index contributed by atoms with van der Waals surface area (Å²) < 4.78 is 5.17. The van der Waals surface area contributed by atoms with E-state index in [9.17, 15) is 4.79 Å². The van der Waals surface area contributed by atoms with Gasteiger partial charge in [0.2, 0.25) is 0 Å². The summed E-state index contributed by atoms with van der Waals surface area (Å²) in [6.07, 6.45) is -0.853. The molecule has 1 amide bonds. The van der Waals surface area contributed by atoms with Crippen LogP contribution in [0.25, 0.3) is 0 Å². The molecule has 0 bridgehead atoms. The van der Waals surface area contributed by atoms with Gasteiger partial charge in [-0.15, -0.1) is 0 Å². The Morgan fingerprint density at radius 3 is 2.18 bits per heavy atom. The Morgan fingerprint density at radius 2 is 1.91 bits per heavy atom. The smallest absolute Gasteiger partial charge is 0.407 e. The first-order chi connectivity index (χ1) is 5.13. The van der Waals surface area contributed by atoms with Gasteiger partial charge < -0.3 is 9.84 Å². The summed E-state index contributed by atoms with van der Waals surface area (Å²) in [5.41, 5.74) is 0. The zero-order chi connectivity index (χ0) is 8.43. The molecule has 2 atom stereocenters. The highest BCUT2D eigenvalue weighted by Gasteiger charge is 2.28. The predicted molar refractivity (Wildman–Crippen MR) is 39.6 cm³/mol. The van der Waals surface area contributed by atoms with Gasteiger partial charge in [-0.2, -0.15) is 0 Å². The molecule has 1 N–H and O–H groups in total. The summed E-state index contributed by atoms with van der Waals surface area (Å²) in [5, 5.41) is 8.75. The molecule has 0 aromatic carbocycles. The number of amides is 1. The maximum Gasteiger partial charge on any atom is 0.407 e. The SMILES string of the molecule is CC1COCC(C)N1C(=O)O. The lowest BCUT2D eigenvalue weighted by Gasteiger charge is -2.36. The minimum absolute atomic E-state index is 0.0174. The average Bonchev–Trinajstić information content (AvgIpc) is 1.85. The van der Waals surface area contributed by atoms with Crippen molar-refractivity contribution in [3.8, 4) is 0 Å². The second kappa shape index (κ2) is 3.09. The van der Waals surface area contributed by atoms with E-state index in [-0.39, 0.29) is 12.1 Å². The van der Waals surface area contributed by atoms with E-state index >= 15 is 0 Å². The second-order valence-corrected chi connectivity index (χ2v) is 2.93. The normalized spacial score (nSPS) is 32.0. The van der Waals surface area contributed by atoms with Crippen molar-refractivity contribution in [1.29, 1.82) is 0 Å². The molecule has 1 heterocycles.